The Labute approximate surface area is 118 Å². The molecule has 0 aliphatic carbocycles. The molecule has 2 aromatic rings. The van der Waals surface area contributed by atoms with Gasteiger partial charge >= 0.3 is 0 Å². The van der Waals surface area contributed by atoms with Crippen molar-refractivity contribution in [2.24, 2.45) is 0 Å². The lowest BCUT2D eigenvalue weighted by Crippen LogP contribution is -2.14. The average molecular weight is 271 g/mol. The molecule has 0 unspecified atom stereocenters. The van der Waals surface area contributed by atoms with E-state index < -0.39 is 0 Å². The summed E-state index contributed by atoms with van der Waals surface area (Å²) in [6, 6.07) is 15.9. The summed E-state index contributed by atoms with van der Waals surface area (Å²) in [6.45, 7) is 4.11. The maximum absolute atomic E-state index is 11.9. The van der Waals surface area contributed by atoms with Gasteiger partial charge in [-0.25, -0.2) is 0 Å². The Bertz CT molecular complexity index is 566. The molecule has 3 heteroatoms. The van der Waals surface area contributed by atoms with E-state index in [1.165, 1.54) is 11.1 Å². The summed E-state index contributed by atoms with van der Waals surface area (Å²) in [5.41, 5.74) is 3.28. The minimum Gasteiger partial charge on any atom is -0.325 e. The molecule has 0 aliphatic heterocycles. The highest BCUT2D eigenvalue weighted by molar-refractivity contribution is 8.00. The molecule has 0 saturated carbocycles. The van der Waals surface area contributed by atoms with E-state index in [0.29, 0.717) is 5.75 Å². The highest BCUT2D eigenvalue weighted by atomic mass is 32.2. The van der Waals surface area contributed by atoms with Crippen LogP contribution < -0.4 is 5.32 Å². The first-order valence-corrected chi connectivity index (χ1v) is 7.18. The van der Waals surface area contributed by atoms with E-state index in [9.17, 15) is 4.79 Å². The fraction of sp³-hybridized carbons (Fsp3) is 0.188. The van der Waals surface area contributed by atoms with E-state index in [-0.39, 0.29) is 5.91 Å². The minimum absolute atomic E-state index is 0.0251. The Morgan fingerprint density at radius 1 is 1.05 bits per heavy atom. The first kappa shape index (κ1) is 13.7. The van der Waals surface area contributed by atoms with E-state index in [2.05, 4.69) is 12.2 Å². The fourth-order valence-electron chi connectivity index (χ4n) is 1.68. The van der Waals surface area contributed by atoms with Crippen molar-refractivity contribution < 1.29 is 4.79 Å². The fourth-order valence-corrected chi connectivity index (χ4v) is 2.40. The molecule has 1 N–H and O–H groups in total. The largest absolute Gasteiger partial charge is 0.325 e. The lowest BCUT2D eigenvalue weighted by molar-refractivity contribution is -0.113. The van der Waals surface area contributed by atoms with Crippen LogP contribution in [0.2, 0.25) is 0 Å². The Morgan fingerprint density at radius 2 is 1.79 bits per heavy atom. The number of anilines is 1. The molecule has 2 aromatic carbocycles. The first-order valence-electron chi connectivity index (χ1n) is 6.20. The number of rotatable bonds is 4. The maximum Gasteiger partial charge on any atom is 0.234 e. The van der Waals surface area contributed by atoms with Crippen molar-refractivity contribution in [2.45, 2.75) is 18.7 Å². The van der Waals surface area contributed by atoms with Crippen molar-refractivity contribution in [3.8, 4) is 0 Å². The second kappa shape index (κ2) is 6.43. The summed E-state index contributed by atoms with van der Waals surface area (Å²) in [5, 5.41) is 2.92. The van der Waals surface area contributed by atoms with Gasteiger partial charge in [-0.1, -0.05) is 24.3 Å². The molecule has 1 amide bonds. The highest BCUT2D eigenvalue weighted by Gasteiger charge is 2.04. The molecule has 0 saturated heterocycles. The molecule has 0 bridgehead atoms. The number of hydrogen-bond donors (Lipinski definition) is 1. The van der Waals surface area contributed by atoms with Gasteiger partial charge in [0.05, 0.1) is 5.75 Å². The topological polar surface area (TPSA) is 29.1 Å². The van der Waals surface area contributed by atoms with Crippen LogP contribution in [-0.2, 0) is 4.79 Å². The third-order valence-corrected chi connectivity index (χ3v) is 3.92. The quantitative estimate of drug-likeness (QED) is 0.850. The van der Waals surface area contributed by atoms with Crippen LogP contribution in [-0.4, -0.2) is 11.7 Å². The average Bonchev–Trinajstić information content (AvgIpc) is 2.42. The zero-order valence-electron chi connectivity index (χ0n) is 11.1. The van der Waals surface area contributed by atoms with E-state index in [4.69, 9.17) is 0 Å². The number of nitrogens with one attached hydrogen (secondary N) is 1. The molecule has 98 valence electrons. The third kappa shape index (κ3) is 4.14. The number of carbonyl (C=O) groups excluding carboxylic acids is 1. The van der Waals surface area contributed by atoms with E-state index in [1.54, 1.807) is 11.8 Å². The summed E-state index contributed by atoms with van der Waals surface area (Å²) >= 11 is 1.54. The molecule has 0 radical (unpaired) electrons. The summed E-state index contributed by atoms with van der Waals surface area (Å²) < 4.78 is 0. The summed E-state index contributed by atoms with van der Waals surface area (Å²) in [7, 11) is 0. The van der Waals surface area contributed by atoms with Crippen LogP contribution in [0.4, 0.5) is 5.69 Å². The number of carbonyl (C=O) groups is 1. The molecule has 0 fully saturated rings. The Kier molecular flexibility index (Phi) is 4.63. The van der Waals surface area contributed by atoms with Crippen molar-refractivity contribution >= 4 is 23.4 Å². The van der Waals surface area contributed by atoms with Gasteiger partial charge in [-0.05, 0) is 49.2 Å². The predicted octanol–water partition coefficient (Wildman–Crippen LogP) is 4.03. The van der Waals surface area contributed by atoms with Gasteiger partial charge in [0.15, 0.2) is 0 Å². The Balaban J connectivity index is 1.89. The monoisotopic (exact) mass is 271 g/mol. The second-order valence-corrected chi connectivity index (χ2v) is 5.50. The van der Waals surface area contributed by atoms with Gasteiger partial charge < -0.3 is 5.32 Å². The van der Waals surface area contributed by atoms with Crippen molar-refractivity contribution in [3.05, 3.63) is 59.7 Å². The zero-order chi connectivity index (χ0) is 13.7. The molecule has 0 atom stereocenters. The van der Waals surface area contributed by atoms with Gasteiger partial charge in [0, 0.05) is 10.6 Å². The van der Waals surface area contributed by atoms with Crippen molar-refractivity contribution in [1.29, 1.82) is 0 Å². The molecule has 2 nitrogen and oxygen atoms in total. The van der Waals surface area contributed by atoms with Crippen molar-refractivity contribution in [1.82, 2.24) is 0 Å². The third-order valence-electron chi connectivity index (χ3n) is 2.90. The molecule has 2 rings (SSSR count). The van der Waals surface area contributed by atoms with Gasteiger partial charge in [-0.2, -0.15) is 0 Å². The number of aryl methyl sites for hydroxylation is 2. The second-order valence-electron chi connectivity index (χ2n) is 4.45. The standard InChI is InChI=1S/C16H17NOS/c1-12-8-9-14(10-13(12)2)17-16(18)11-19-15-6-4-3-5-7-15/h3-10H,11H2,1-2H3,(H,17,18). The highest BCUT2D eigenvalue weighted by Crippen LogP contribution is 2.18. The van der Waals surface area contributed by atoms with Crippen molar-refractivity contribution in [2.75, 3.05) is 11.1 Å². The number of amides is 1. The number of thioether (sulfide) groups is 1. The van der Waals surface area contributed by atoms with Crippen LogP contribution in [0, 0.1) is 13.8 Å². The maximum atomic E-state index is 11.9. The van der Waals surface area contributed by atoms with Crippen LogP contribution in [0.25, 0.3) is 0 Å². The molecule has 0 aliphatic rings. The molecule has 0 aromatic heterocycles. The Hall–Kier alpha value is -1.74. The molecule has 0 heterocycles. The Morgan fingerprint density at radius 3 is 2.47 bits per heavy atom. The lowest BCUT2D eigenvalue weighted by Gasteiger charge is -2.07. The van der Waals surface area contributed by atoms with E-state index in [1.807, 2.05) is 55.5 Å². The van der Waals surface area contributed by atoms with Crippen LogP contribution in [0.3, 0.4) is 0 Å². The van der Waals surface area contributed by atoms with E-state index >= 15 is 0 Å². The van der Waals surface area contributed by atoms with Gasteiger partial charge in [0.1, 0.15) is 0 Å². The van der Waals surface area contributed by atoms with E-state index in [0.717, 1.165) is 10.6 Å². The number of benzene rings is 2. The molecular weight excluding hydrogens is 254 g/mol. The normalized spacial score (nSPS) is 10.2. The lowest BCUT2D eigenvalue weighted by atomic mass is 10.1. The zero-order valence-corrected chi connectivity index (χ0v) is 12.0. The smallest absolute Gasteiger partial charge is 0.234 e. The minimum atomic E-state index is 0.0251. The predicted molar refractivity (Wildman–Crippen MR) is 81.7 cm³/mol. The van der Waals surface area contributed by atoms with Crippen LogP contribution in [0.5, 0.6) is 0 Å². The van der Waals surface area contributed by atoms with Crippen LogP contribution in [0.1, 0.15) is 11.1 Å². The summed E-state index contributed by atoms with van der Waals surface area (Å²) in [4.78, 5) is 13.0. The van der Waals surface area contributed by atoms with Gasteiger partial charge in [0.2, 0.25) is 5.91 Å². The molecular formula is C16H17NOS. The van der Waals surface area contributed by atoms with Gasteiger partial charge in [-0.3, -0.25) is 4.79 Å². The summed E-state index contributed by atoms with van der Waals surface area (Å²) in [5.74, 6) is 0.453. The van der Waals surface area contributed by atoms with Crippen LogP contribution >= 0.6 is 11.8 Å². The van der Waals surface area contributed by atoms with Crippen LogP contribution in [0.15, 0.2) is 53.4 Å². The SMILES string of the molecule is Cc1ccc(NC(=O)CSc2ccccc2)cc1C. The van der Waals surface area contributed by atoms with Crippen molar-refractivity contribution in [3.63, 3.8) is 0 Å². The molecule has 19 heavy (non-hydrogen) atoms. The van der Waals surface area contributed by atoms with Gasteiger partial charge in [0.25, 0.3) is 0 Å². The first-order chi connectivity index (χ1) is 9.15. The molecule has 0 spiro atoms. The van der Waals surface area contributed by atoms with Gasteiger partial charge in [-0.15, -0.1) is 11.8 Å². The summed E-state index contributed by atoms with van der Waals surface area (Å²) in [6.07, 6.45) is 0. The number of hydrogen-bond acceptors (Lipinski definition) is 2.